The van der Waals surface area contributed by atoms with Gasteiger partial charge >= 0.3 is 0 Å². The molecule has 0 atom stereocenters. The van der Waals surface area contributed by atoms with Crippen LogP contribution in [0.2, 0.25) is 5.02 Å². The number of anilines is 1. The van der Waals surface area contributed by atoms with Crippen LogP contribution in [0.4, 0.5) is 11.4 Å². The average Bonchev–Trinajstić information content (AvgIpc) is 2.80. The summed E-state index contributed by atoms with van der Waals surface area (Å²) in [7, 11) is -3.90. The van der Waals surface area contributed by atoms with E-state index in [1.165, 1.54) is 30.3 Å². The molecule has 0 saturated heterocycles. The Hall–Kier alpha value is -3.01. The number of allylic oxidation sites excluding steroid dienone is 2. The second-order valence-electron chi connectivity index (χ2n) is 7.20. The zero-order chi connectivity index (χ0) is 23.6. The van der Waals surface area contributed by atoms with E-state index in [1.807, 2.05) is 12.2 Å². The zero-order valence-electron chi connectivity index (χ0n) is 17.0. The van der Waals surface area contributed by atoms with Gasteiger partial charge in [-0.15, -0.1) is 10.2 Å². The van der Waals surface area contributed by atoms with Gasteiger partial charge in [-0.2, -0.15) is 0 Å². The molecule has 1 amide bonds. The maximum atomic E-state index is 12.9. The lowest BCUT2D eigenvalue weighted by Crippen LogP contribution is -2.15. The van der Waals surface area contributed by atoms with E-state index < -0.39 is 15.9 Å². The first-order valence-corrected chi connectivity index (χ1v) is 12.4. The Kier molecular flexibility index (Phi) is 6.64. The fraction of sp³-hybridized carbons (Fsp3) is 0.0870. The van der Waals surface area contributed by atoms with Crippen LogP contribution >= 0.6 is 27.5 Å². The molecule has 10 heteroatoms. The Morgan fingerprint density at radius 2 is 1.64 bits per heavy atom. The van der Waals surface area contributed by atoms with Crippen LogP contribution in [0.3, 0.4) is 0 Å². The third-order valence-corrected chi connectivity index (χ3v) is 7.18. The predicted octanol–water partition coefficient (Wildman–Crippen LogP) is 6.19. The highest BCUT2D eigenvalue weighted by Gasteiger charge is 2.23. The van der Waals surface area contributed by atoms with Gasteiger partial charge in [0.25, 0.3) is 15.9 Å². The summed E-state index contributed by atoms with van der Waals surface area (Å²) in [5.41, 5.74) is 1.70. The average molecular weight is 547 g/mol. The van der Waals surface area contributed by atoms with Gasteiger partial charge < -0.3 is 5.11 Å². The van der Waals surface area contributed by atoms with Crippen LogP contribution in [0.25, 0.3) is 0 Å². The molecule has 7 nitrogen and oxygen atoms in total. The van der Waals surface area contributed by atoms with Crippen molar-refractivity contribution < 1.29 is 18.3 Å². The Bertz CT molecular complexity index is 1390. The SMILES string of the molecule is O=C(N=Nc1cc(NS(=O)(=O)c2ccc(Br)cc2)c2c(c1O)CC=CC2)c1ccc(Cl)cc1. The van der Waals surface area contributed by atoms with Crippen LogP contribution in [0.5, 0.6) is 5.75 Å². The molecule has 0 unspecified atom stereocenters. The van der Waals surface area contributed by atoms with Crippen LogP contribution < -0.4 is 4.72 Å². The van der Waals surface area contributed by atoms with Crippen molar-refractivity contribution in [3.63, 3.8) is 0 Å². The molecule has 168 valence electrons. The van der Waals surface area contributed by atoms with Crippen molar-refractivity contribution in [2.75, 3.05) is 4.72 Å². The minimum atomic E-state index is -3.90. The summed E-state index contributed by atoms with van der Waals surface area (Å²) in [6, 6.07) is 13.7. The first kappa shape index (κ1) is 23.2. The van der Waals surface area contributed by atoms with Crippen molar-refractivity contribution in [3.05, 3.63) is 92.9 Å². The Labute approximate surface area is 204 Å². The number of sulfonamides is 1. The van der Waals surface area contributed by atoms with Crippen LogP contribution in [0.1, 0.15) is 21.5 Å². The standard InChI is InChI=1S/C23H17BrClN3O4S/c24-15-7-11-17(12-8-15)33(31,32)28-20-13-21(22(29)19-4-2-1-3-18(19)20)26-27-23(30)14-5-9-16(25)10-6-14/h1-2,5-13,28-29H,3-4H2. The van der Waals surface area contributed by atoms with Gasteiger partial charge in [0.1, 0.15) is 11.4 Å². The first-order valence-electron chi connectivity index (χ1n) is 9.77. The number of nitrogens with one attached hydrogen (secondary N) is 1. The highest BCUT2D eigenvalue weighted by molar-refractivity contribution is 9.10. The number of fused-ring (bicyclic) bond motifs is 1. The molecular formula is C23H17BrClN3O4S. The number of hydrogen-bond donors (Lipinski definition) is 2. The van der Waals surface area contributed by atoms with Gasteiger partial charge in [-0.3, -0.25) is 9.52 Å². The van der Waals surface area contributed by atoms with E-state index in [0.717, 1.165) is 4.47 Å². The summed E-state index contributed by atoms with van der Waals surface area (Å²) < 4.78 is 29.2. The normalized spacial score (nSPS) is 13.2. The van der Waals surface area contributed by atoms with Crippen molar-refractivity contribution >= 4 is 54.8 Å². The monoisotopic (exact) mass is 545 g/mol. The Morgan fingerprint density at radius 3 is 2.30 bits per heavy atom. The number of nitrogens with zero attached hydrogens (tertiary/aromatic N) is 2. The fourth-order valence-corrected chi connectivity index (χ4v) is 4.82. The van der Waals surface area contributed by atoms with Gasteiger partial charge in [0.2, 0.25) is 0 Å². The summed E-state index contributed by atoms with van der Waals surface area (Å²) in [6.45, 7) is 0. The maximum Gasteiger partial charge on any atom is 0.295 e. The molecular weight excluding hydrogens is 530 g/mol. The lowest BCUT2D eigenvalue weighted by atomic mass is 9.93. The number of rotatable bonds is 5. The van der Waals surface area contributed by atoms with E-state index in [9.17, 15) is 18.3 Å². The number of halogens is 2. The van der Waals surface area contributed by atoms with Crippen LogP contribution in [0, 0.1) is 0 Å². The third kappa shape index (κ3) is 5.16. The molecule has 0 fully saturated rings. The predicted molar refractivity (Wildman–Crippen MR) is 130 cm³/mol. The van der Waals surface area contributed by atoms with Crippen LogP contribution in [-0.4, -0.2) is 19.4 Å². The number of amides is 1. The minimum Gasteiger partial charge on any atom is -0.505 e. The van der Waals surface area contributed by atoms with Crippen molar-refractivity contribution in [2.24, 2.45) is 10.2 Å². The number of phenolic OH excluding ortho intramolecular Hbond substituents is 1. The third-order valence-electron chi connectivity index (χ3n) is 5.02. The number of azo groups is 1. The molecule has 0 aromatic heterocycles. The minimum absolute atomic E-state index is 0.0140. The summed E-state index contributed by atoms with van der Waals surface area (Å²) in [6.07, 6.45) is 4.59. The van der Waals surface area contributed by atoms with Gasteiger partial charge in [-0.1, -0.05) is 39.7 Å². The highest BCUT2D eigenvalue weighted by Crippen LogP contribution is 2.41. The Balaban J connectivity index is 1.71. The number of phenols is 1. The second kappa shape index (κ2) is 9.46. The lowest BCUT2D eigenvalue weighted by Gasteiger charge is -2.19. The maximum absolute atomic E-state index is 12.9. The van der Waals surface area contributed by atoms with Crippen LogP contribution in [-0.2, 0) is 22.9 Å². The lowest BCUT2D eigenvalue weighted by molar-refractivity contribution is 0.0995. The fourth-order valence-electron chi connectivity index (χ4n) is 3.34. The van der Waals surface area contributed by atoms with Crippen molar-refractivity contribution in [3.8, 4) is 5.75 Å². The molecule has 1 aliphatic carbocycles. The van der Waals surface area contributed by atoms with Crippen molar-refractivity contribution in [2.45, 2.75) is 17.7 Å². The number of hydrogen-bond acceptors (Lipinski definition) is 5. The molecule has 4 rings (SSSR count). The summed E-state index contributed by atoms with van der Waals surface area (Å²) in [4.78, 5) is 12.4. The van der Waals surface area contributed by atoms with Gasteiger partial charge in [0.05, 0.1) is 10.6 Å². The number of carbonyl (C=O) groups excluding carboxylic acids is 1. The molecule has 0 bridgehead atoms. The highest BCUT2D eigenvalue weighted by atomic mass is 79.9. The van der Waals surface area contributed by atoms with Gasteiger partial charge in [0.15, 0.2) is 0 Å². The smallest absolute Gasteiger partial charge is 0.295 e. The molecule has 3 aromatic carbocycles. The molecule has 0 heterocycles. The van der Waals surface area contributed by atoms with E-state index in [-0.39, 0.29) is 27.6 Å². The number of carbonyl (C=O) groups is 1. The van der Waals surface area contributed by atoms with Crippen LogP contribution in [0.15, 0.2) is 86.3 Å². The van der Waals surface area contributed by atoms with Gasteiger partial charge in [0, 0.05) is 20.6 Å². The molecule has 0 radical (unpaired) electrons. The quantitative estimate of drug-likeness (QED) is 0.226. The van der Waals surface area contributed by atoms with E-state index in [2.05, 4.69) is 30.9 Å². The van der Waals surface area contributed by atoms with Gasteiger partial charge in [-0.25, -0.2) is 8.42 Å². The zero-order valence-corrected chi connectivity index (χ0v) is 20.2. The van der Waals surface area contributed by atoms with E-state index in [4.69, 9.17) is 11.6 Å². The number of aromatic hydroxyl groups is 1. The van der Waals surface area contributed by atoms with E-state index >= 15 is 0 Å². The topological polar surface area (TPSA) is 108 Å². The molecule has 3 aromatic rings. The molecule has 0 saturated carbocycles. The first-order chi connectivity index (χ1) is 15.7. The molecule has 2 N–H and O–H groups in total. The largest absolute Gasteiger partial charge is 0.505 e. The van der Waals surface area contributed by atoms with Crippen molar-refractivity contribution in [1.82, 2.24) is 0 Å². The molecule has 0 spiro atoms. The Morgan fingerprint density at radius 1 is 1.00 bits per heavy atom. The van der Waals surface area contributed by atoms with Crippen molar-refractivity contribution in [1.29, 1.82) is 0 Å². The summed E-state index contributed by atoms with van der Waals surface area (Å²) in [5, 5.41) is 18.8. The molecule has 0 aliphatic heterocycles. The molecule has 33 heavy (non-hydrogen) atoms. The summed E-state index contributed by atoms with van der Waals surface area (Å²) >= 11 is 9.12. The number of benzene rings is 3. The van der Waals surface area contributed by atoms with E-state index in [0.29, 0.717) is 29.0 Å². The van der Waals surface area contributed by atoms with Gasteiger partial charge in [-0.05, 0) is 73.0 Å². The molecule has 1 aliphatic rings. The summed E-state index contributed by atoms with van der Waals surface area (Å²) in [5.74, 6) is -0.769. The second-order valence-corrected chi connectivity index (χ2v) is 10.2. The van der Waals surface area contributed by atoms with E-state index in [1.54, 1.807) is 24.3 Å².